The summed E-state index contributed by atoms with van der Waals surface area (Å²) in [6.45, 7) is 13.4. The summed E-state index contributed by atoms with van der Waals surface area (Å²) in [5.74, 6) is 1.32. The fraction of sp³-hybridized carbons (Fsp3) is 0.889. The van der Waals surface area contributed by atoms with Crippen LogP contribution in [0.25, 0.3) is 0 Å². The van der Waals surface area contributed by atoms with Gasteiger partial charge in [-0.3, -0.25) is 9.59 Å². The number of fused-ring (bicyclic) bond motifs is 4. The average molecular weight is 503 g/mol. The van der Waals surface area contributed by atoms with Crippen molar-refractivity contribution in [3.05, 3.63) is 0 Å². The molecule has 5 aliphatic heterocycles. The minimum atomic E-state index is 0.0182. The second-order valence-corrected chi connectivity index (χ2v) is 11.7. The lowest BCUT2D eigenvalue weighted by Crippen LogP contribution is -2.62. The zero-order valence-electron chi connectivity index (χ0n) is 22.2. The standard InChI is InChI=1S/C27H46N6O3/c1-2-29-13-15-30(16-14-29)10-4-9-28-26(35)22-7-11-31(12-8-22)27(36)32-18-21-17-23(20-32)24-5-3-6-25(34)33(24)19-21/h21-24H,2-20H2,1H3,(H,28,35)/t21-,23+,24+/m0/s1. The van der Waals surface area contributed by atoms with Gasteiger partial charge in [0.15, 0.2) is 0 Å². The molecule has 5 heterocycles. The van der Waals surface area contributed by atoms with Crippen LogP contribution in [0, 0.1) is 17.8 Å². The van der Waals surface area contributed by atoms with Crippen LogP contribution in [0.15, 0.2) is 0 Å². The van der Waals surface area contributed by atoms with Crippen LogP contribution in [-0.2, 0) is 9.59 Å². The molecule has 0 aromatic carbocycles. The molecular weight excluding hydrogens is 456 g/mol. The summed E-state index contributed by atoms with van der Waals surface area (Å²) in [6.07, 6.45) is 6.41. The summed E-state index contributed by atoms with van der Waals surface area (Å²) in [6, 6.07) is 0.468. The van der Waals surface area contributed by atoms with Gasteiger partial charge in [0.05, 0.1) is 0 Å². The number of likely N-dealkylation sites (N-methyl/N-ethyl adjacent to an activating group) is 1. The van der Waals surface area contributed by atoms with Crippen molar-refractivity contribution in [2.75, 3.05) is 78.5 Å². The van der Waals surface area contributed by atoms with Crippen LogP contribution < -0.4 is 5.32 Å². The fourth-order valence-electron chi connectivity index (χ4n) is 7.29. The van der Waals surface area contributed by atoms with Gasteiger partial charge in [0, 0.05) is 83.8 Å². The molecule has 36 heavy (non-hydrogen) atoms. The molecule has 0 saturated carbocycles. The third-order valence-corrected chi connectivity index (χ3v) is 9.45. The molecule has 9 heteroatoms. The lowest BCUT2D eigenvalue weighted by Gasteiger charge is -2.53. The number of urea groups is 1. The molecule has 5 aliphatic rings. The summed E-state index contributed by atoms with van der Waals surface area (Å²) >= 11 is 0. The van der Waals surface area contributed by atoms with Crippen LogP contribution in [0.4, 0.5) is 4.79 Å². The molecule has 1 N–H and O–H groups in total. The van der Waals surface area contributed by atoms with Gasteiger partial charge in [-0.15, -0.1) is 0 Å². The third kappa shape index (κ3) is 5.82. The Bertz CT molecular complexity index is 792. The van der Waals surface area contributed by atoms with E-state index in [1.54, 1.807) is 0 Å². The van der Waals surface area contributed by atoms with Crippen molar-refractivity contribution >= 4 is 17.8 Å². The van der Waals surface area contributed by atoms with Gasteiger partial charge in [0.25, 0.3) is 0 Å². The highest BCUT2D eigenvalue weighted by Crippen LogP contribution is 2.38. The molecule has 5 fully saturated rings. The first kappa shape index (κ1) is 25.8. The first-order valence-corrected chi connectivity index (χ1v) is 14.6. The van der Waals surface area contributed by atoms with Crippen molar-refractivity contribution in [1.82, 2.24) is 29.8 Å². The molecule has 5 rings (SSSR count). The maximum Gasteiger partial charge on any atom is 0.320 e. The van der Waals surface area contributed by atoms with Crippen LogP contribution in [0.1, 0.15) is 51.9 Å². The van der Waals surface area contributed by atoms with Crippen LogP contribution in [0.2, 0.25) is 0 Å². The van der Waals surface area contributed by atoms with Crippen LogP contribution >= 0.6 is 0 Å². The highest BCUT2D eigenvalue weighted by Gasteiger charge is 2.45. The Hall–Kier alpha value is -1.87. The zero-order chi connectivity index (χ0) is 25.1. The van der Waals surface area contributed by atoms with Gasteiger partial charge in [0.2, 0.25) is 11.8 Å². The molecule has 0 radical (unpaired) electrons. The van der Waals surface area contributed by atoms with Gasteiger partial charge >= 0.3 is 6.03 Å². The zero-order valence-corrected chi connectivity index (χ0v) is 22.2. The largest absolute Gasteiger partial charge is 0.356 e. The minimum Gasteiger partial charge on any atom is -0.356 e. The average Bonchev–Trinajstić information content (AvgIpc) is 2.91. The van der Waals surface area contributed by atoms with Gasteiger partial charge < -0.3 is 29.8 Å². The van der Waals surface area contributed by atoms with Crippen molar-refractivity contribution < 1.29 is 14.4 Å². The molecule has 4 amide bonds. The van der Waals surface area contributed by atoms with Gasteiger partial charge in [-0.25, -0.2) is 4.79 Å². The Morgan fingerprint density at radius 3 is 2.42 bits per heavy atom. The molecule has 2 bridgehead atoms. The van der Waals surface area contributed by atoms with Crippen LogP contribution in [0.5, 0.6) is 0 Å². The van der Waals surface area contributed by atoms with Crippen molar-refractivity contribution in [1.29, 1.82) is 0 Å². The molecule has 202 valence electrons. The number of carbonyl (C=O) groups excluding carboxylic acids is 3. The summed E-state index contributed by atoms with van der Waals surface area (Å²) in [4.78, 5) is 49.6. The van der Waals surface area contributed by atoms with Crippen molar-refractivity contribution in [2.45, 2.75) is 57.9 Å². The molecule has 9 nitrogen and oxygen atoms in total. The maximum absolute atomic E-state index is 13.3. The summed E-state index contributed by atoms with van der Waals surface area (Å²) in [5, 5.41) is 3.15. The Kier molecular flexibility index (Phi) is 8.35. The van der Waals surface area contributed by atoms with Gasteiger partial charge in [-0.05, 0) is 63.5 Å². The number of hydrogen-bond acceptors (Lipinski definition) is 5. The Morgan fingerprint density at radius 2 is 1.67 bits per heavy atom. The molecule has 3 atom stereocenters. The number of nitrogens with one attached hydrogen (secondary N) is 1. The van der Waals surface area contributed by atoms with E-state index >= 15 is 0 Å². The van der Waals surface area contributed by atoms with E-state index in [2.05, 4.69) is 31.8 Å². The second-order valence-electron chi connectivity index (χ2n) is 11.7. The van der Waals surface area contributed by atoms with E-state index in [0.29, 0.717) is 43.3 Å². The predicted molar refractivity (Wildman–Crippen MR) is 138 cm³/mol. The van der Waals surface area contributed by atoms with Crippen molar-refractivity contribution in [3.8, 4) is 0 Å². The number of nitrogens with zero attached hydrogens (tertiary/aromatic N) is 5. The lowest BCUT2D eigenvalue weighted by molar-refractivity contribution is -0.144. The highest BCUT2D eigenvalue weighted by atomic mass is 16.2. The van der Waals surface area contributed by atoms with Gasteiger partial charge in [-0.2, -0.15) is 0 Å². The third-order valence-electron chi connectivity index (χ3n) is 9.45. The van der Waals surface area contributed by atoms with E-state index in [4.69, 9.17) is 0 Å². The van der Waals surface area contributed by atoms with Crippen LogP contribution in [-0.4, -0.2) is 127 Å². The molecule has 0 aliphatic carbocycles. The van der Waals surface area contributed by atoms with Crippen molar-refractivity contribution in [3.63, 3.8) is 0 Å². The number of likely N-dealkylation sites (tertiary alicyclic amines) is 2. The molecular formula is C27H46N6O3. The van der Waals surface area contributed by atoms with E-state index in [1.807, 2.05) is 4.90 Å². The minimum absolute atomic E-state index is 0.0182. The number of piperazine rings is 1. The molecule has 5 saturated heterocycles. The molecule has 0 unspecified atom stereocenters. The fourth-order valence-corrected chi connectivity index (χ4v) is 7.29. The van der Waals surface area contributed by atoms with Crippen LogP contribution in [0.3, 0.4) is 0 Å². The SMILES string of the molecule is CCN1CCN(CCCNC(=O)C2CCN(C(=O)N3C[C@@H]4C[C@H](C3)[C@H]3CCCC(=O)N3C4)CC2)CC1. The summed E-state index contributed by atoms with van der Waals surface area (Å²) in [7, 11) is 0. The topological polar surface area (TPSA) is 79.4 Å². The molecule has 0 aromatic heterocycles. The van der Waals surface area contributed by atoms with Crippen molar-refractivity contribution in [2.24, 2.45) is 17.8 Å². The normalized spacial score (nSPS) is 30.3. The number of carbonyl (C=O) groups is 3. The molecule has 0 spiro atoms. The van der Waals surface area contributed by atoms with E-state index in [9.17, 15) is 14.4 Å². The summed E-state index contributed by atoms with van der Waals surface area (Å²) < 4.78 is 0. The number of piperidine rings is 4. The Balaban J connectivity index is 1.01. The highest BCUT2D eigenvalue weighted by molar-refractivity contribution is 5.80. The smallest absolute Gasteiger partial charge is 0.320 e. The first-order valence-electron chi connectivity index (χ1n) is 14.6. The maximum atomic E-state index is 13.3. The van der Waals surface area contributed by atoms with E-state index in [-0.39, 0.29) is 17.9 Å². The number of hydrogen-bond donors (Lipinski definition) is 1. The number of rotatable bonds is 6. The van der Waals surface area contributed by atoms with Gasteiger partial charge in [-0.1, -0.05) is 6.92 Å². The lowest BCUT2D eigenvalue weighted by atomic mass is 9.76. The summed E-state index contributed by atoms with van der Waals surface area (Å²) in [5.41, 5.74) is 0. The first-order chi connectivity index (χ1) is 17.5. The Labute approximate surface area is 216 Å². The predicted octanol–water partition coefficient (Wildman–Crippen LogP) is 1.30. The van der Waals surface area contributed by atoms with E-state index in [1.165, 1.54) is 0 Å². The van der Waals surface area contributed by atoms with Gasteiger partial charge in [0.1, 0.15) is 0 Å². The second kappa shape index (κ2) is 11.7. The Morgan fingerprint density at radius 1 is 0.917 bits per heavy atom. The monoisotopic (exact) mass is 502 g/mol. The van der Waals surface area contributed by atoms with E-state index in [0.717, 1.165) is 104 Å². The van der Waals surface area contributed by atoms with E-state index < -0.39 is 0 Å². The molecule has 0 aromatic rings. The quantitative estimate of drug-likeness (QED) is 0.554. The number of amides is 4.